The molecule has 3 rings (SSSR count). The summed E-state index contributed by atoms with van der Waals surface area (Å²) in [7, 11) is 0. The second-order valence-corrected chi connectivity index (χ2v) is 5.00. The van der Waals surface area contributed by atoms with Crippen molar-refractivity contribution in [3.8, 4) is 5.75 Å². The first-order valence-corrected chi connectivity index (χ1v) is 6.54. The highest BCUT2D eigenvalue weighted by Gasteiger charge is 2.08. The van der Waals surface area contributed by atoms with Crippen LogP contribution in [0.1, 0.15) is 22.6 Å². The van der Waals surface area contributed by atoms with E-state index in [1.807, 2.05) is 39.0 Å². The molecule has 0 saturated heterocycles. The second kappa shape index (κ2) is 4.96. The summed E-state index contributed by atoms with van der Waals surface area (Å²) in [5.74, 6) is 1.40. The van der Waals surface area contributed by atoms with Gasteiger partial charge < -0.3 is 9.15 Å². The molecule has 2 aromatic heterocycles. The molecular formula is C16H16N2O2. The van der Waals surface area contributed by atoms with E-state index in [0.29, 0.717) is 18.2 Å². The number of hydrogen-bond donors (Lipinski definition) is 0. The monoisotopic (exact) mass is 268 g/mol. The maximum atomic E-state index is 5.78. The fourth-order valence-electron chi connectivity index (χ4n) is 2.03. The molecule has 4 nitrogen and oxygen atoms in total. The molecule has 0 aliphatic heterocycles. The van der Waals surface area contributed by atoms with Gasteiger partial charge in [0.2, 0.25) is 11.6 Å². The number of nitrogens with zero attached hydrogens (tertiary/aromatic N) is 2. The standard InChI is InChI=1S/C16H16N2O2/c1-10-4-5-12(3)14(7-10)19-9-15-18-13-6-11(2)8-17-16(13)20-15/h4-8H,9H2,1-3H3. The van der Waals surface area contributed by atoms with Gasteiger partial charge in [-0.3, -0.25) is 0 Å². The van der Waals surface area contributed by atoms with E-state index in [9.17, 15) is 0 Å². The predicted molar refractivity (Wildman–Crippen MR) is 76.8 cm³/mol. The van der Waals surface area contributed by atoms with Crippen molar-refractivity contribution in [3.63, 3.8) is 0 Å². The Morgan fingerprint density at radius 2 is 1.95 bits per heavy atom. The fraction of sp³-hybridized carbons (Fsp3) is 0.250. The summed E-state index contributed by atoms with van der Waals surface area (Å²) >= 11 is 0. The summed E-state index contributed by atoms with van der Waals surface area (Å²) in [5, 5.41) is 0. The van der Waals surface area contributed by atoms with Crippen molar-refractivity contribution in [2.24, 2.45) is 0 Å². The molecule has 0 fully saturated rings. The molecule has 0 spiro atoms. The maximum absolute atomic E-state index is 5.78. The lowest BCUT2D eigenvalue weighted by Gasteiger charge is -2.07. The van der Waals surface area contributed by atoms with Gasteiger partial charge in [-0.05, 0) is 49.6 Å². The Morgan fingerprint density at radius 1 is 1.10 bits per heavy atom. The van der Waals surface area contributed by atoms with Crippen LogP contribution in [-0.2, 0) is 6.61 Å². The van der Waals surface area contributed by atoms with Gasteiger partial charge in [-0.2, -0.15) is 0 Å². The van der Waals surface area contributed by atoms with E-state index < -0.39 is 0 Å². The molecule has 2 heterocycles. The van der Waals surface area contributed by atoms with Crippen LogP contribution in [0.25, 0.3) is 11.2 Å². The Labute approximate surface area is 117 Å². The molecule has 3 aromatic rings. The first-order chi connectivity index (χ1) is 9.61. The minimum atomic E-state index is 0.305. The van der Waals surface area contributed by atoms with Gasteiger partial charge in [-0.1, -0.05) is 12.1 Å². The maximum Gasteiger partial charge on any atom is 0.247 e. The molecule has 0 unspecified atom stereocenters. The molecular weight excluding hydrogens is 252 g/mol. The number of fused-ring (bicyclic) bond motifs is 1. The Bertz CT molecular complexity index is 762. The number of benzene rings is 1. The van der Waals surface area contributed by atoms with E-state index in [0.717, 1.165) is 22.4 Å². The quantitative estimate of drug-likeness (QED) is 0.726. The minimum absolute atomic E-state index is 0.305. The lowest BCUT2D eigenvalue weighted by molar-refractivity contribution is 0.265. The number of pyridine rings is 1. The molecule has 0 saturated carbocycles. The smallest absolute Gasteiger partial charge is 0.247 e. The van der Waals surface area contributed by atoms with Gasteiger partial charge in [-0.25, -0.2) is 9.97 Å². The fourth-order valence-corrected chi connectivity index (χ4v) is 2.03. The minimum Gasteiger partial charge on any atom is -0.484 e. The summed E-state index contributed by atoms with van der Waals surface area (Å²) in [6, 6.07) is 8.07. The molecule has 102 valence electrons. The van der Waals surface area contributed by atoms with Crippen molar-refractivity contribution in [1.29, 1.82) is 0 Å². The van der Waals surface area contributed by atoms with E-state index in [1.165, 1.54) is 5.56 Å². The summed E-state index contributed by atoms with van der Waals surface area (Å²) in [4.78, 5) is 8.59. The lowest BCUT2D eigenvalue weighted by Crippen LogP contribution is -1.97. The van der Waals surface area contributed by atoms with Crippen LogP contribution in [0.3, 0.4) is 0 Å². The van der Waals surface area contributed by atoms with Gasteiger partial charge in [0, 0.05) is 6.20 Å². The summed E-state index contributed by atoms with van der Waals surface area (Å²) in [6.45, 7) is 6.34. The van der Waals surface area contributed by atoms with Gasteiger partial charge in [-0.15, -0.1) is 0 Å². The highest BCUT2D eigenvalue weighted by Crippen LogP contribution is 2.21. The molecule has 0 N–H and O–H groups in total. The molecule has 0 aliphatic carbocycles. The SMILES string of the molecule is Cc1ccc(C)c(OCc2nc3cc(C)cnc3o2)c1. The third kappa shape index (κ3) is 2.50. The van der Waals surface area contributed by atoms with Gasteiger partial charge in [0.25, 0.3) is 0 Å². The van der Waals surface area contributed by atoms with E-state index in [4.69, 9.17) is 9.15 Å². The van der Waals surface area contributed by atoms with Crippen molar-refractivity contribution in [1.82, 2.24) is 9.97 Å². The largest absolute Gasteiger partial charge is 0.484 e. The zero-order chi connectivity index (χ0) is 14.1. The number of rotatable bonds is 3. The normalized spacial score (nSPS) is 10.9. The number of aromatic nitrogens is 2. The first-order valence-electron chi connectivity index (χ1n) is 6.54. The van der Waals surface area contributed by atoms with Crippen molar-refractivity contribution < 1.29 is 9.15 Å². The van der Waals surface area contributed by atoms with Gasteiger partial charge in [0.05, 0.1) is 0 Å². The Balaban J connectivity index is 1.81. The number of aryl methyl sites for hydroxylation is 3. The zero-order valence-corrected chi connectivity index (χ0v) is 11.8. The Morgan fingerprint density at radius 3 is 2.80 bits per heavy atom. The van der Waals surface area contributed by atoms with Gasteiger partial charge in [0.15, 0.2) is 6.61 Å². The molecule has 0 amide bonds. The predicted octanol–water partition coefficient (Wildman–Crippen LogP) is 3.73. The lowest BCUT2D eigenvalue weighted by atomic mass is 10.1. The summed E-state index contributed by atoms with van der Waals surface area (Å²) in [5.41, 5.74) is 4.65. The molecule has 20 heavy (non-hydrogen) atoms. The highest BCUT2D eigenvalue weighted by molar-refractivity contribution is 5.68. The van der Waals surface area contributed by atoms with Crippen molar-refractivity contribution >= 4 is 11.2 Å². The van der Waals surface area contributed by atoms with Crippen LogP contribution < -0.4 is 4.74 Å². The Kier molecular flexibility index (Phi) is 3.14. The molecule has 0 aliphatic rings. The van der Waals surface area contributed by atoms with Crippen LogP contribution in [-0.4, -0.2) is 9.97 Å². The van der Waals surface area contributed by atoms with Gasteiger partial charge >= 0.3 is 0 Å². The van der Waals surface area contributed by atoms with Crippen LogP contribution in [0.5, 0.6) is 5.75 Å². The van der Waals surface area contributed by atoms with Crippen LogP contribution in [0.4, 0.5) is 0 Å². The van der Waals surface area contributed by atoms with E-state index >= 15 is 0 Å². The van der Waals surface area contributed by atoms with E-state index in [1.54, 1.807) is 6.20 Å². The van der Waals surface area contributed by atoms with Crippen LogP contribution >= 0.6 is 0 Å². The number of ether oxygens (including phenoxy) is 1. The van der Waals surface area contributed by atoms with Crippen molar-refractivity contribution in [2.45, 2.75) is 27.4 Å². The van der Waals surface area contributed by atoms with Crippen molar-refractivity contribution in [2.75, 3.05) is 0 Å². The molecule has 0 atom stereocenters. The Hall–Kier alpha value is -2.36. The molecule has 4 heteroatoms. The van der Waals surface area contributed by atoms with E-state index in [-0.39, 0.29) is 0 Å². The zero-order valence-electron chi connectivity index (χ0n) is 11.8. The van der Waals surface area contributed by atoms with Gasteiger partial charge in [0.1, 0.15) is 11.3 Å². The summed E-state index contributed by atoms with van der Waals surface area (Å²) in [6.07, 6.45) is 1.77. The highest BCUT2D eigenvalue weighted by atomic mass is 16.5. The van der Waals surface area contributed by atoms with Crippen LogP contribution in [0.15, 0.2) is 34.9 Å². The van der Waals surface area contributed by atoms with E-state index in [2.05, 4.69) is 16.0 Å². The summed E-state index contributed by atoms with van der Waals surface area (Å²) < 4.78 is 11.3. The first kappa shape index (κ1) is 12.7. The third-order valence-corrected chi connectivity index (χ3v) is 3.12. The topological polar surface area (TPSA) is 48.2 Å². The van der Waals surface area contributed by atoms with Crippen LogP contribution in [0, 0.1) is 20.8 Å². The number of hydrogen-bond acceptors (Lipinski definition) is 4. The van der Waals surface area contributed by atoms with Crippen LogP contribution in [0.2, 0.25) is 0 Å². The molecule has 0 bridgehead atoms. The average Bonchev–Trinajstić information content (AvgIpc) is 2.81. The average molecular weight is 268 g/mol. The third-order valence-electron chi connectivity index (χ3n) is 3.12. The number of oxazole rings is 1. The second-order valence-electron chi connectivity index (χ2n) is 5.00. The molecule has 1 aromatic carbocycles. The molecule has 0 radical (unpaired) electrons. The van der Waals surface area contributed by atoms with Crippen molar-refractivity contribution in [3.05, 3.63) is 53.0 Å².